The van der Waals surface area contributed by atoms with Crippen molar-refractivity contribution in [2.24, 2.45) is 11.8 Å². The molecule has 1 unspecified atom stereocenters. The topological polar surface area (TPSA) is 37.4 Å². The van der Waals surface area contributed by atoms with Gasteiger partial charge in [0.25, 0.3) is 11.8 Å². The molecule has 0 bridgehead atoms. The Bertz CT molecular complexity index is 499. The van der Waals surface area contributed by atoms with Gasteiger partial charge in [-0.1, -0.05) is 31.9 Å². The number of imide groups is 1. The van der Waals surface area contributed by atoms with Crippen LogP contribution >= 0.6 is 0 Å². The predicted octanol–water partition coefficient (Wildman–Crippen LogP) is 3.66. The lowest BCUT2D eigenvalue weighted by Gasteiger charge is -2.14. The van der Waals surface area contributed by atoms with Crippen LogP contribution in [0.4, 0.5) is 0 Å². The minimum absolute atomic E-state index is 0.180. The molecular formula is C17H20NO2. The lowest BCUT2D eigenvalue weighted by Crippen LogP contribution is -2.26. The number of hydrogen-bond donors (Lipinski definition) is 0. The van der Waals surface area contributed by atoms with Gasteiger partial charge in [0.2, 0.25) is 0 Å². The normalized spacial score (nSPS) is 19.4. The third-order valence-electron chi connectivity index (χ3n) is 4.43. The highest BCUT2D eigenvalue weighted by atomic mass is 16.2. The molecule has 1 heterocycles. The van der Waals surface area contributed by atoms with Crippen LogP contribution in [0.1, 0.15) is 59.7 Å². The van der Waals surface area contributed by atoms with Crippen LogP contribution < -0.4 is 0 Å². The minimum atomic E-state index is -0.180. The van der Waals surface area contributed by atoms with Crippen molar-refractivity contribution in [1.82, 2.24) is 4.90 Å². The van der Waals surface area contributed by atoms with Crippen LogP contribution in [0, 0.1) is 18.4 Å². The highest BCUT2D eigenvalue weighted by Crippen LogP contribution is 2.39. The Morgan fingerprint density at radius 2 is 1.80 bits per heavy atom. The summed E-state index contributed by atoms with van der Waals surface area (Å²) in [7, 11) is 0. The standard InChI is InChI=1S/C17H20NO2/c1-12(13-9-10-13)6-4-5-11-18-16(19)14-7-2-3-8-15(14)17(18)20/h2-3,7-8,11-13H,4-6,9-10H2,1H3. The van der Waals surface area contributed by atoms with E-state index in [0.29, 0.717) is 11.1 Å². The minimum Gasteiger partial charge on any atom is -0.269 e. The average Bonchev–Trinajstić information content (AvgIpc) is 3.27. The van der Waals surface area contributed by atoms with Gasteiger partial charge in [-0.3, -0.25) is 14.5 Å². The zero-order valence-electron chi connectivity index (χ0n) is 11.8. The number of fused-ring (bicyclic) bond motifs is 1. The van der Waals surface area contributed by atoms with Crippen LogP contribution in [-0.4, -0.2) is 16.7 Å². The molecule has 2 amide bonds. The smallest absolute Gasteiger partial charge is 0.261 e. The molecule has 20 heavy (non-hydrogen) atoms. The molecule has 1 radical (unpaired) electrons. The second kappa shape index (κ2) is 5.39. The molecule has 3 nitrogen and oxygen atoms in total. The Morgan fingerprint density at radius 1 is 1.20 bits per heavy atom. The number of unbranched alkanes of at least 4 members (excludes halogenated alkanes) is 1. The third kappa shape index (κ3) is 2.49. The molecular weight excluding hydrogens is 250 g/mol. The van der Waals surface area contributed by atoms with Crippen LogP contribution in [0.3, 0.4) is 0 Å². The summed E-state index contributed by atoms with van der Waals surface area (Å²) in [5, 5.41) is 0. The van der Waals surface area contributed by atoms with E-state index in [9.17, 15) is 9.59 Å². The van der Waals surface area contributed by atoms with Crippen molar-refractivity contribution in [1.29, 1.82) is 0 Å². The molecule has 1 fully saturated rings. The van der Waals surface area contributed by atoms with Gasteiger partial charge < -0.3 is 0 Å². The maximum Gasteiger partial charge on any atom is 0.261 e. The summed E-state index contributed by atoms with van der Waals surface area (Å²) in [6.07, 6.45) is 5.78. The van der Waals surface area contributed by atoms with Crippen LogP contribution in [0.25, 0.3) is 0 Å². The van der Waals surface area contributed by atoms with Crippen molar-refractivity contribution in [2.75, 3.05) is 0 Å². The Hall–Kier alpha value is -1.64. The molecule has 1 aliphatic carbocycles. The average molecular weight is 270 g/mol. The van der Waals surface area contributed by atoms with E-state index in [1.165, 1.54) is 24.2 Å². The van der Waals surface area contributed by atoms with E-state index >= 15 is 0 Å². The SMILES string of the molecule is CC(CCC[CH]N1C(=O)c2ccccc2C1=O)C1CC1. The van der Waals surface area contributed by atoms with Gasteiger partial charge in [0.05, 0.1) is 17.7 Å². The largest absolute Gasteiger partial charge is 0.269 e. The van der Waals surface area contributed by atoms with Crippen molar-refractivity contribution in [2.45, 2.75) is 39.0 Å². The molecule has 0 N–H and O–H groups in total. The molecule has 105 valence electrons. The van der Waals surface area contributed by atoms with Crippen molar-refractivity contribution in [3.05, 3.63) is 41.9 Å². The number of rotatable bonds is 6. The summed E-state index contributed by atoms with van der Waals surface area (Å²) in [6, 6.07) is 7.03. The number of carbonyl (C=O) groups is 2. The molecule has 2 aliphatic rings. The highest BCUT2D eigenvalue weighted by molar-refractivity contribution is 6.21. The second-order valence-corrected chi connectivity index (χ2v) is 5.95. The first-order chi connectivity index (χ1) is 9.68. The van der Waals surface area contributed by atoms with E-state index in [0.717, 1.165) is 24.7 Å². The number of hydrogen-bond acceptors (Lipinski definition) is 2. The Morgan fingerprint density at radius 3 is 2.35 bits per heavy atom. The van der Waals surface area contributed by atoms with Crippen LogP contribution in [-0.2, 0) is 0 Å². The lowest BCUT2D eigenvalue weighted by molar-refractivity contribution is 0.0691. The van der Waals surface area contributed by atoms with E-state index in [-0.39, 0.29) is 11.8 Å². The molecule has 0 aromatic heterocycles. The molecule has 1 saturated carbocycles. The summed E-state index contributed by atoms with van der Waals surface area (Å²) in [5.41, 5.74) is 1.06. The first-order valence-corrected chi connectivity index (χ1v) is 7.48. The number of carbonyl (C=O) groups excluding carboxylic acids is 2. The van der Waals surface area contributed by atoms with Gasteiger partial charge in [0.1, 0.15) is 0 Å². The lowest BCUT2D eigenvalue weighted by atomic mass is 9.99. The van der Waals surface area contributed by atoms with E-state index in [1.54, 1.807) is 30.8 Å². The third-order valence-corrected chi connectivity index (χ3v) is 4.43. The van der Waals surface area contributed by atoms with Crippen LogP contribution in [0.5, 0.6) is 0 Å². The van der Waals surface area contributed by atoms with Gasteiger partial charge in [0.15, 0.2) is 0 Å². The Labute approximate surface area is 120 Å². The van der Waals surface area contributed by atoms with Gasteiger partial charge in [0, 0.05) is 0 Å². The number of benzene rings is 1. The van der Waals surface area contributed by atoms with Crippen molar-refractivity contribution in [3.63, 3.8) is 0 Å². The van der Waals surface area contributed by atoms with Gasteiger partial charge in [-0.2, -0.15) is 0 Å². The fourth-order valence-corrected chi connectivity index (χ4v) is 2.93. The zero-order chi connectivity index (χ0) is 14.1. The predicted molar refractivity (Wildman–Crippen MR) is 77.0 cm³/mol. The molecule has 1 atom stereocenters. The molecule has 0 saturated heterocycles. The quantitative estimate of drug-likeness (QED) is 0.584. The van der Waals surface area contributed by atoms with Gasteiger partial charge in [-0.25, -0.2) is 0 Å². The maximum atomic E-state index is 12.1. The van der Waals surface area contributed by atoms with Crippen LogP contribution in [0.2, 0.25) is 0 Å². The van der Waals surface area contributed by atoms with E-state index < -0.39 is 0 Å². The molecule has 3 heteroatoms. The maximum absolute atomic E-state index is 12.1. The molecule has 1 aromatic rings. The van der Waals surface area contributed by atoms with E-state index in [2.05, 4.69) is 6.92 Å². The van der Waals surface area contributed by atoms with Crippen molar-refractivity contribution < 1.29 is 9.59 Å². The first-order valence-electron chi connectivity index (χ1n) is 7.48. The van der Waals surface area contributed by atoms with Gasteiger partial charge in [-0.15, -0.1) is 0 Å². The summed E-state index contributed by atoms with van der Waals surface area (Å²) in [6.45, 7) is 4.07. The van der Waals surface area contributed by atoms with Crippen molar-refractivity contribution >= 4 is 11.8 Å². The second-order valence-electron chi connectivity index (χ2n) is 5.95. The van der Waals surface area contributed by atoms with Gasteiger partial charge in [-0.05, 0) is 43.2 Å². The monoisotopic (exact) mass is 270 g/mol. The van der Waals surface area contributed by atoms with E-state index in [1.807, 2.05) is 0 Å². The summed E-state index contributed by atoms with van der Waals surface area (Å²) < 4.78 is 0. The molecule has 1 aromatic carbocycles. The first kappa shape index (κ1) is 13.3. The summed E-state index contributed by atoms with van der Waals surface area (Å²) >= 11 is 0. The summed E-state index contributed by atoms with van der Waals surface area (Å²) in [4.78, 5) is 25.5. The van der Waals surface area contributed by atoms with Gasteiger partial charge >= 0.3 is 0 Å². The number of nitrogens with zero attached hydrogens (tertiary/aromatic N) is 1. The fraction of sp³-hybridized carbons (Fsp3) is 0.471. The zero-order valence-corrected chi connectivity index (χ0v) is 11.8. The van der Waals surface area contributed by atoms with E-state index in [4.69, 9.17) is 0 Å². The number of amides is 2. The Kier molecular flexibility index (Phi) is 3.60. The molecule has 0 spiro atoms. The van der Waals surface area contributed by atoms with Crippen LogP contribution in [0.15, 0.2) is 24.3 Å². The fourth-order valence-electron chi connectivity index (χ4n) is 2.93. The highest BCUT2D eigenvalue weighted by Gasteiger charge is 2.34. The Balaban J connectivity index is 1.51. The molecule has 3 rings (SSSR count). The summed E-state index contributed by atoms with van der Waals surface area (Å²) in [5.74, 6) is 1.35. The van der Waals surface area contributed by atoms with Crippen molar-refractivity contribution in [3.8, 4) is 0 Å². The molecule has 1 aliphatic heterocycles.